The Kier molecular flexibility index (Phi) is 2.73. The molecule has 0 atom stereocenters. The molecule has 0 saturated carbocycles. The van der Waals surface area contributed by atoms with E-state index in [1.807, 2.05) is 26.2 Å². The molecule has 0 aliphatic heterocycles. The molecule has 0 aromatic carbocycles. The zero-order valence-corrected chi connectivity index (χ0v) is 8.81. The van der Waals surface area contributed by atoms with Gasteiger partial charge in [0.1, 0.15) is 0 Å². The molecule has 2 rings (SSSR count). The molecule has 5 nitrogen and oxygen atoms in total. The summed E-state index contributed by atoms with van der Waals surface area (Å²) < 4.78 is 1.72. The third-order valence-electron chi connectivity index (χ3n) is 1.99. The minimum atomic E-state index is 0.709. The largest absolute Gasteiger partial charge is 0.314 e. The average Bonchev–Trinajstić information content (AvgIpc) is 2.66. The molecule has 0 aliphatic rings. The summed E-state index contributed by atoms with van der Waals surface area (Å²) >= 11 is 0. The maximum Gasteiger partial charge on any atom is 0.172 e. The molecule has 2 heterocycles. The lowest BCUT2D eigenvalue weighted by Crippen LogP contribution is -2.09. The highest BCUT2D eigenvalue weighted by molar-refractivity contribution is 5.19. The third kappa shape index (κ3) is 2.19. The summed E-state index contributed by atoms with van der Waals surface area (Å²) in [4.78, 5) is 8.55. The van der Waals surface area contributed by atoms with Crippen LogP contribution in [0.25, 0.3) is 5.82 Å². The summed E-state index contributed by atoms with van der Waals surface area (Å²) in [7, 11) is 1.88. The zero-order valence-electron chi connectivity index (χ0n) is 8.81. The predicted molar refractivity (Wildman–Crippen MR) is 56.7 cm³/mol. The highest BCUT2D eigenvalue weighted by Gasteiger charge is 2.01. The number of aromatic nitrogens is 4. The van der Waals surface area contributed by atoms with Gasteiger partial charge in [-0.1, -0.05) is 0 Å². The molecule has 0 fully saturated rings. The van der Waals surface area contributed by atoms with Crippen molar-refractivity contribution in [1.82, 2.24) is 25.1 Å². The smallest absolute Gasteiger partial charge is 0.172 e. The van der Waals surface area contributed by atoms with Crippen LogP contribution in [-0.2, 0) is 6.54 Å². The highest BCUT2D eigenvalue weighted by Crippen LogP contribution is 2.03. The van der Waals surface area contributed by atoms with Crippen LogP contribution in [0.2, 0.25) is 0 Å². The van der Waals surface area contributed by atoms with Gasteiger partial charge < -0.3 is 5.32 Å². The predicted octanol–water partition coefficient (Wildman–Crippen LogP) is 0.690. The molecule has 0 radical (unpaired) electrons. The molecule has 0 spiro atoms. The lowest BCUT2D eigenvalue weighted by Gasteiger charge is -2.02. The van der Waals surface area contributed by atoms with Crippen molar-refractivity contribution in [1.29, 1.82) is 0 Å². The topological polar surface area (TPSA) is 55.6 Å². The van der Waals surface area contributed by atoms with Gasteiger partial charge in [-0.15, -0.1) is 0 Å². The van der Waals surface area contributed by atoms with E-state index in [1.165, 1.54) is 0 Å². The Hall–Kier alpha value is -1.75. The van der Waals surface area contributed by atoms with E-state index in [2.05, 4.69) is 20.4 Å². The molecule has 15 heavy (non-hydrogen) atoms. The van der Waals surface area contributed by atoms with E-state index in [4.69, 9.17) is 0 Å². The van der Waals surface area contributed by atoms with Crippen LogP contribution in [0.15, 0.2) is 24.7 Å². The van der Waals surface area contributed by atoms with Crippen LogP contribution in [0.5, 0.6) is 0 Å². The molecule has 0 saturated heterocycles. The highest BCUT2D eigenvalue weighted by atomic mass is 15.3. The Balaban J connectivity index is 2.32. The number of rotatable bonds is 3. The molecule has 0 amide bonds. The molecule has 0 aliphatic carbocycles. The summed E-state index contributed by atoms with van der Waals surface area (Å²) in [5.74, 6) is 0.746. The molecule has 78 valence electrons. The summed E-state index contributed by atoms with van der Waals surface area (Å²) in [5, 5.41) is 7.31. The summed E-state index contributed by atoms with van der Waals surface area (Å²) in [5.41, 5.74) is 1.87. The number of hydrogen-bond acceptors (Lipinski definition) is 4. The van der Waals surface area contributed by atoms with Crippen molar-refractivity contribution in [2.24, 2.45) is 0 Å². The van der Waals surface area contributed by atoms with Gasteiger partial charge in [0.15, 0.2) is 5.82 Å². The summed E-state index contributed by atoms with van der Waals surface area (Å²) in [6.07, 6.45) is 5.32. The van der Waals surface area contributed by atoms with E-state index in [1.54, 1.807) is 17.1 Å². The second-order valence-corrected chi connectivity index (χ2v) is 3.30. The first-order chi connectivity index (χ1) is 7.29. The number of nitrogens with zero attached hydrogens (tertiary/aromatic N) is 4. The second kappa shape index (κ2) is 4.18. The van der Waals surface area contributed by atoms with Gasteiger partial charge in [0.2, 0.25) is 0 Å². The van der Waals surface area contributed by atoms with Gasteiger partial charge in [-0.25, -0.2) is 9.67 Å². The zero-order chi connectivity index (χ0) is 10.7. The van der Waals surface area contributed by atoms with Crippen molar-refractivity contribution in [3.8, 4) is 5.82 Å². The van der Waals surface area contributed by atoms with Gasteiger partial charge >= 0.3 is 0 Å². The van der Waals surface area contributed by atoms with Crippen molar-refractivity contribution < 1.29 is 0 Å². The minimum Gasteiger partial charge on any atom is -0.314 e. The fourth-order valence-electron chi connectivity index (χ4n) is 1.31. The quantitative estimate of drug-likeness (QED) is 0.797. The van der Waals surface area contributed by atoms with Gasteiger partial charge in [-0.3, -0.25) is 4.98 Å². The van der Waals surface area contributed by atoms with Crippen molar-refractivity contribution in [3.63, 3.8) is 0 Å². The fourth-order valence-corrected chi connectivity index (χ4v) is 1.31. The Labute approximate surface area is 88.2 Å². The maximum absolute atomic E-state index is 4.42. The molecular weight excluding hydrogens is 190 g/mol. The monoisotopic (exact) mass is 203 g/mol. The van der Waals surface area contributed by atoms with E-state index in [0.717, 1.165) is 17.2 Å². The molecule has 2 aromatic rings. The van der Waals surface area contributed by atoms with Gasteiger partial charge in [0.05, 0.1) is 17.6 Å². The molecular formula is C10H13N5. The van der Waals surface area contributed by atoms with Crippen LogP contribution in [-0.4, -0.2) is 26.8 Å². The summed E-state index contributed by atoms with van der Waals surface area (Å²) in [6, 6.07) is 1.94. The van der Waals surface area contributed by atoms with E-state index in [-0.39, 0.29) is 0 Å². The molecule has 0 unspecified atom stereocenters. The number of hydrogen-bond donors (Lipinski definition) is 1. The van der Waals surface area contributed by atoms with Crippen LogP contribution in [0.4, 0.5) is 0 Å². The van der Waals surface area contributed by atoms with E-state index in [0.29, 0.717) is 6.54 Å². The van der Waals surface area contributed by atoms with Crippen LogP contribution < -0.4 is 5.32 Å². The number of nitrogens with one attached hydrogen (secondary N) is 1. The van der Waals surface area contributed by atoms with Crippen molar-refractivity contribution in [2.75, 3.05) is 7.05 Å². The van der Waals surface area contributed by atoms with Crippen LogP contribution >= 0.6 is 0 Å². The first-order valence-corrected chi connectivity index (χ1v) is 4.78. The van der Waals surface area contributed by atoms with Gasteiger partial charge in [0, 0.05) is 18.9 Å². The Morgan fingerprint density at radius 3 is 2.93 bits per heavy atom. The van der Waals surface area contributed by atoms with Crippen LogP contribution in [0.1, 0.15) is 11.4 Å². The van der Waals surface area contributed by atoms with Crippen molar-refractivity contribution in [2.45, 2.75) is 13.5 Å². The standard InChI is InChI=1S/C10H13N5/c1-8-3-4-15(14-8)10-7-12-6-9(13-10)5-11-2/h3-4,6-7,11H,5H2,1-2H3. The Morgan fingerprint density at radius 2 is 2.27 bits per heavy atom. The fraction of sp³-hybridized carbons (Fsp3) is 0.300. The van der Waals surface area contributed by atoms with Gasteiger partial charge in [-0.2, -0.15) is 5.10 Å². The molecule has 0 bridgehead atoms. The first-order valence-electron chi connectivity index (χ1n) is 4.78. The van der Waals surface area contributed by atoms with Gasteiger partial charge in [0.25, 0.3) is 0 Å². The summed E-state index contributed by atoms with van der Waals surface area (Å²) in [6.45, 7) is 2.66. The third-order valence-corrected chi connectivity index (χ3v) is 1.99. The van der Waals surface area contributed by atoms with E-state index in [9.17, 15) is 0 Å². The van der Waals surface area contributed by atoms with Crippen LogP contribution in [0.3, 0.4) is 0 Å². The Bertz CT molecular complexity index is 449. The lowest BCUT2D eigenvalue weighted by atomic mass is 10.4. The van der Waals surface area contributed by atoms with E-state index >= 15 is 0 Å². The molecule has 2 aromatic heterocycles. The first kappa shape index (κ1) is 9.79. The second-order valence-electron chi connectivity index (χ2n) is 3.30. The maximum atomic E-state index is 4.42. The normalized spacial score (nSPS) is 10.5. The van der Waals surface area contributed by atoms with Gasteiger partial charge in [-0.05, 0) is 20.0 Å². The molecule has 1 N–H and O–H groups in total. The molecule has 5 heteroatoms. The average molecular weight is 203 g/mol. The Morgan fingerprint density at radius 1 is 1.40 bits per heavy atom. The lowest BCUT2D eigenvalue weighted by molar-refractivity contribution is 0.757. The van der Waals surface area contributed by atoms with Crippen LogP contribution in [0, 0.1) is 6.92 Å². The van der Waals surface area contributed by atoms with E-state index < -0.39 is 0 Å². The van der Waals surface area contributed by atoms with Crippen molar-refractivity contribution >= 4 is 0 Å². The van der Waals surface area contributed by atoms with Crippen molar-refractivity contribution in [3.05, 3.63) is 36.0 Å². The minimum absolute atomic E-state index is 0.709. The number of aryl methyl sites for hydroxylation is 1. The SMILES string of the molecule is CNCc1cncc(-n2ccc(C)n2)n1.